The normalized spacial score (nSPS) is 17.6. The number of benzene rings is 1. The van der Waals surface area contributed by atoms with Crippen molar-refractivity contribution in [3.63, 3.8) is 0 Å². The van der Waals surface area contributed by atoms with Crippen molar-refractivity contribution < 1.29 is 4.79 Å². The molecule has 0 bridgehead atoms. The van der Waals surface area contributed by atoms with E-state index in [-0.39, 0.29) is 11.9 Å². The third kappa shape index (κ3) is 2.60. The Kier molecular flexibility index (Phi) is 3.81. The Bertz CT molecular complexity index is 653. The number of halogens is 1. The van der Waals surface area contributed by atoms with Gasteiger partial charge in [-0.05, 0) is 70.4 Å². The predicted octanol–water partition coefficient (Wildman–Crippen LogP) is 3.90. The van der Waals surface area contributed by atoms with Crippen LogP contribution in [0.2, 0.25) is 0 Å². The van der Waals surface area contributed by atoms with E-state index in [1.807, 2.05) is 0 Å². The summed E-state index contributed by atoms with van der Waals surface area (Å²) in [6.45, 7) is 0. The van der Waals surface area contributed by atoms with E-state index < -0.39 is 0 Å². The van der Waals surface area contributed by atoms with E-state index in [0.29, 0.717) is 11.3 Å². The fourth-order valence-electron chi connectivity index (χ4n) is 2.56. The van der Waals surface area contributed by atoms with Gasteiger partial charge in [-0.3, -0.25) is 4.79 Å². The molecule has 3 N–H and O–H groups in total. The first kappa shape index (κ1) is 13.6. The minimum absolute atomic E-state index is 0.0618. The summed E-state index contributed by atoms with van der Waals surface area (Å²) in [6.07, 6.45) is 3.26. The zero-order chi connectivity index (χ0) is 14.1. The third-order valence-corrected chi connectivity index (χ3v) is 5.33. The lowest BCUT2D eigenvalue weighted by molar-refractivity contribution is 0.0933. The molecule has 1 aromatic heterocycles. The summed E-state index contributed by atoms with van der Waals surface area (Å²) in [5.41, 5.74) is 8.29. The number of nitrogens with one attached hydrogen (secondary N) is 1. The molecule has 20 heavy (non-hydrogen) atoms. The van der Waals surface area contributed by atoms with E-state index in [0.717, 1.165) is 23.7 Å². The van der Waals surface area contributed by atoms with Crippen LogP contribution >= 0.6 is 27.3 Å². The number of fused-ring (bicyclic) bond motifs is 1. The van der Waals surface area contributed by atoms with E-state index in [4.69, 9.17) is 5.73 Å². The second-order valence-electron chi connectivity index (χ2n) is 4.95. The van der Waals surface area contributed by atoms with Crippen molar-refractivity contribution in [3.05, 3.63) is 50.1 Å². The Labute approximate surface area is 130 Å². The van der Waals surface area contributed by atoms with Gasteiger partial charge in [-0.25, -0.2) is 0 Å². The van der Waals surface area contributed by atoms with Crippen molar-refractivity contribution in [3.8, 4) is 0 Å². The molecule has 1 aromatic carbocycles. The standard InChI is InChI=1S/C15H15BrN2OS/c16-11-5-4-9(8-12(11)17)15(19)18-13-2-1-3-14-10(13)6-7-20-14/h4-8,13H,1-3,17H2,(H,18,19). The van der Waals surface area contributed by atoms with E-state index in [9.17, 15) is 4.79 Å². The van der Waals surface area contributed by atoms with Gasteiger partial charge in [0, 0.05) is 20.6 Å². The maximum atomic E-state index is 12.3. The summed E-state index contributed by atoms with van der Waals surface area (Å²) < 4.78 is 0.812. The van der Waals surface area contributed by atoms with Crippen LogP contribution < -0.4 is 11.1 Å². The first-order valence-corrected chi connectivity index (χ1v) is 8.24. The van der Waals surface area contributed by atoms with Crippen LogP contribution in [0.1, 0.15) is 39.7 Å². The zero-order valence-corrected chi connectivity index (χ0v) is 13.3. The van der Waals surface area contributed by atoms with Gasteiger partial charge in [0.15, 0.2) is 0 Å². The van der Waals surface area contributed by atoms with Gasteiger partial charge in [0.05, 0.1) is 6.04 Å². The SMILES string of the molecule is Nc1cc(C(=O)NC2CCCc3sccc32)ccc1Br. The van der Waals surface area contributed by atoms with Crippen molar-refractivity contribution >= 4 is 38.9 Å². The first-order valence-electron chi connectivity index (χ1n) is 6.57. The molecule has 2 aromatic rings. The highest BCUT2D eigenvalue weighted by Crippen LogP contribution is 2.33. The van der Waals surface area contributed by atoms with Crippen LogP contribution in [-0.4, -0.2) is 5.91 Å². The number of carbonyl (C=O) groups excluding carboxylic acids is 1. The molecule has 0 saturated carbocycles. The van der Waals surface area contributed by atoms with Crippen LogP contribution in [0.15, 0.2) is 34.1 Å². The number of hydrogen-bond acceptors (Lipinski definition) is 3. The number of amides is 1. The zero-order valence-electron chi connectivity index (χ0n) is 10.9. The number of aryl methyl sites for hydroxylation is 1. The quantitative estimate of drug-likeness (QED) is 0.807. The van der Waals surface area contributed by atoms with Crippen LogP contribution in [0.25, 0.3) is 0 Å². The van der Waals surface area contributed by atoms with Crippen LogP contribution in [0.4, 0.5) is 5.69 Å². The number of nitrogens with two attached hydrogens (primary N) is 1. The number of anilines is 1. The van der Waals surface area contributed by atoms with Crippen molar-refractivity contribution in [2.45, 2.75) is 25.3 Å². The first-order chi connectivity index (χ1) is 9.65. The Balaban J connectivity index is 1.79. The van der Waals surface area contributed by atoms with Crippen LogP contribution in [-0.2, 0) is 6.42 Å². The predicted molar refractivity (Wildman–Crippen MR) is 86.0 cm³/mol. The molecule has 0 spiro atoms. The molecule has 1 aliphatic rings. The number of thiophene rings is 1. The molecule has 3 nitrogen and oxygen atoms in total. The van der Waals surface area contributed by atoms with Crippen LogP contribution in [0, 0.1) is 0 Å². The molecule has 0 saturated heterocycles. The number of carbonyl (C=O) groups is 1. The van der Waals surface area contributed by atoms with Crippen LogP contribution in [0.3, 0.4) is 0 Å². The highest BCUT2D eigenvalue weighted by molar-refractivity contribution is 9.10. The van der Waals surface area contributed by atoms with Gasteiger partial charge < -0.3 is 11.1 Å². The molecular weight excluding hydrogens is 336 g/mol. The summed E-state index contributed by atoms with van der Waals surface area (Å²) in [7, 11) is 0. The van der Waals surface area contributed by atoms with Gasteiger partial charge in [-0.15, -0.1) is 11.3 Å². The highest BCUT2D eigenvalue weighted by atomic mass is 79.9. The highest BCUT2D eigenvalue weighted by Gasteiger charge is 2.23. The fourth-order valence-corrected chi connectivity index (χ4v) is 3.80. The molecule has 1 amide bonds. The summed E-state index contributed by atoms with van der Waals surface area (Å²) in [5, 5.41) is 5.22. The Morgan fingerprint density at radius 2 is 2.25 bits per heavy atom. The molecule has 104 valence electrons. The van der Waals surface area contributed by atoms with Gasteiger partial charge in [0.1, 0.15) is 0 Å². The molecule has 0 fully saturated rings. The summed E-state index contributed by atoms with van der Waals surface area (Å²) in [4.78, 5) is 13.7. The second kappa shape index (κ2) is 5.58. The fraction of sp³-hybridized carbons (Fsp3) is 0.267. The molecule has 0 radical (unpaired) electrons. The topological polar surface area (TPSA) is 55.1 Å². The largest absolute Gasteiger partial charge is 0.398 e. The third-order valence-electron chi connectivity index (χ3n) is 3.62. The molecule has 1 heterocycles. The van der Waals surface area contributed by atoms with Crippen molar-refractivity contribution in [2.75, 3.05) is 5.73 Å². The van der Waals surface area contributed by atoms with Gasteiger partial charge in [-0.2, -0.15) is 0 Å². The van der Waals surface area contributed by atoms with Crippen molar-refractivity contribution in [1.82, 2.24) is 5.32 Å². The molecular formula is C15H15BrN2OS. The molecule has 5 heteroatoms. The minimum Gasteiger partial charge on any atom is -0.398 e. The van der Waals surface area contributed by atoms with Gasteiger partial charge >= 0.3 is 0 Å². The van der Waals surface area contributed by atoms with E-state index in [1.165, 1.54) is 10.4 Å². The average Bonchev–Trinajstić information content (AvgIpc) is 2.91. The summed E-state index contributed by atoms with van der Waals surface area (Å²) in [6, 6.07) is 7.55. The molecule has 0 aliphatic heterocycles. The molecule has 1 aliphatic carbocycles. The number of nitrogen functional groups attached to an aromatic ring is 1. The van der Waals surface area contributed by atoms with Gasteiger partial charge in [-0.1, -0.05) is 0 Å². The van der Waals surface area contributed by atoms with E-state index in [2.05, 4.69) is 32.7 Å². The molecule has 1 atom stereocenters. The van der Waals surface area contributed by atoms with Gasteiger partial charge in [0.25, 0.3) is 5.91 Å². The smallest absolute Gasteiger partial charge is 0.251 e. The number of hydrogen-bond donors (Lipinski definition) is 2. The molecule has 3 rings (SSSR count). The van der Waals surface area contributed by atoms with Crippen molar-refractivity contribution in [2.24, 2.45) is 0 Å². The maximum absolute atomic E-state index is 12.3. The summed E-state index contributed by atoms with van der Waals surface area (Å²) in [5.74, 6) is -0.0618. The average molecular weight is 351 g/mol. The summed E-state index contributed by atoms with van der Waals surface area (Å²) >= 11 is 5.12. The van der Waals surface area contributed by atoms with Gasteiger partial charge in [0.2, 0.25) is 0 Å². The Hall–Kier alpha value is -1.33. The minimum atomic E-state index is -0.0618. The molecule has 1 unspecified atom stereocenters. The lowest BCUT2D eigenvalue weighted by Gasteiger charge is -2.23. The van der Waals surface area contributed by atoms with Crippen LogP contribution in [0.5, 0.6) is 0 Å². The maximum Gasteiger partial charge on any atom is 0.251 e. The van der Waals surface area contributed by atoms with E-state index in [1.54, 1.807) is 29.5 Å². The lowest BCUT2D eigenvalue weighted by Crippen LogP contribution is -2.30. The van der Waals surface area contributed by atoms with Crippen molar-refractivity contribution in [1.29, 1.82) is 0 Å². The monoisotopic (exact) mass is 350 g/mol. The Morgan fingerprint density at radius 3 is 3.05 bits per heavy atom. The lowest BCUT2D eigenvalue weighted by atomic mass is 9.94. The Morgan fingerprint density at radius 1 is 1.40 bits per heavy atom. The number of rotatable bonds is 2. The second-order valence-corrected chi connectivity index (χ2v) is 6.81. The van der Waals surface area contributed by atoms with E-state index >= 15 is 0 Å².